The highest BCUT2D eigenvalue weighted by atomic mass is 35.5. The zero-order valence-corrected chi connectivity index (χ0v) is 15.0. The molecule has 6 nitrogen and oxygen atoms in total. The number of carbonyl (C=O) groups excluding carboxylic acids is 1. The Balaban J connectivity index is 0.00000484. The van der Waals surface area contributed by atoms with Crippen molar-refractivity contribution < 1.29 is 19.8 Å². The summed E-state index contributed by atoms with van der Waals surface area (Å²) in [5.74, 6) is 0.0962. The number of aliphatic hydroxyl groups excluding tert-OH is 1. The Morgan fingerprint density at radius 2 is 1.83 bits per heavy atom. The van der Waals surface area contributed by atoms with Crippen molar-refractivity contribution in [3.8, 4) is 0 Å². The quantitative estimate of drug-likeness (QED) is 0.411. The van der Waals surface area contributed by atoms with Crippen LogP contribution in [0.15, 0.2) is 0 Å². The van der Waals surface area contributed by atoms with E-state index in [-0.39, 0.29) is 36.0 Å². The first-order valence-electron chi connectivity index (χ1n) is 8.04. The first-order valence-corrected chi connectivity index (χ1v) is 9.09. The Kier molecular flexibility index (Phi) is 12.6. The number of aliphatic carboxylic acids is 1. The molecule has 1 aliphatic rings. The number of nitrogens with one attached hydrogen (secondary N) is 1. The molecule has 1 heterocycles. The van der Waals surface area contributed by atoms with E-state index in [1.807, 2.05) is 0 Å². The molecular formula is C15H29ClN2O4S. The lowest BCUT2D eigenvalue weighted by Gasteiger charge is -2.15. The minimum atomic E-state index is -0.768. The largest absolute Gasteiger partial charge is 0.481 e. The second-order valence-corrected chi connectivity index (χ2v) is 7.10. The van der Waals surface area contributed by atoms with Crippen LogP contribution in [0.5, 0.6) is 0 Å². The Hall–Kier alpha value is -0.500. The summed E-state index contributed by atoms with van der Waals surface area (Å²) >= 11 is 1.72. The third kappa shape index (κ3) is 10.1. The molecular weight excluding hydrogens is 340 g/mol. The van der Waals surface area contributed by atoms with Gasteiger partial charge in [-0.25, -0.2) is 0 Å². The molecule has 0 saturated carbocycles. The van der Waals surface area contributed by atoms with Gasteiger partial charge in [-0.3, -0.25) is 9.59 Å². The number of amides is 1. The third-order valence-electron chi connectivity index (χ3n) is 3.85. The molecule has 1 aliphatic heterocycles. The summed E-state index contributed by atoms with van der Waals surface area (Å²) in [4.78, 5) is 21.9. The van der Waals surface area contributed by atoms with Crippen molar-refractivity contribution in [1.82, 2.24) is 5.32 Å². The van der Waals surface area contributed by atoms with Gasteiger partial charge in [0.2, 0.25) is 5.91 Å². The van der Waals surface area contributed by atoms with Crippen molar-refractivity contribution >= 4 is 36.0 Å². The minimum absolute atomic E-state index is 0. The molecule has 1 saturated heterocycles. The molecule has 0 spiro atoms. The zero-order valence-electron chi connectivity index (χ0n) is 13.4. The summed E-state index contributed by atoms with van der Waals surface area (Å²) in [6.07, 6.45) is 5.25. The predicted molar refractivity (Wildman–Crippen MR) is 95.1 cm³/mol. The summed E-state index contributed by atoms with van der Waals surface area (Å²) < 4.78 is 0. The SMILES string of the molecule is Cl.N[C@H]1CS[C@@H](CCCCC(=O)NCCCCCC(=O)O)[C@H]1O. The number of hydrogen-bond donors (Lipinski definition) is 4. The topological polar surface area (TPSA) is 113 Å². The Morgan fingerprint density at radius 3 is 2.43 bits per heavy atom. The van der Waals surface area contributed by atoms with Crippen molar-refractivity contribution in [3.05, 3.63) is 0 Å². The molecule has 0 aromatic heterocycles. The van der Waals surface area contributed by atoms with Gasteiger partial charge in [-0.2, -0.15) is 11.8 Å². The van der Waals surface area contributed by atoms with E-state index in [4.69, 9.17) is 10.8 Å². The van der Waals surface area contributed by atoms with Crippen molar-refractivity contribution in [2.45, 2.75) is 68.8 Å². The van der Waals surface area contributed by atoms with Crippen LogP contribution in [0, 0.1) is 0 Å². The van der Waals surface area contributed by atoms with Crippen LogP contribution in [-0.4, -0.2) is 51.8 Å². The van der Waals surface area contributed by atoms with Crippen LogP contribution in [0.3, 0.4) is 0 Å². The number of carboxylic acids is 1. The minimum Gasteiger partial charge on any atom is -0.481 e. The number of halogens is 1. The highest BCUT2D eigenvalue weighted by molar-refractivity contribution is 8.00. The standard InChI is InChI=1S/C15H28N2O4S.ClH/c16-11-10-22-12(15(11)21)6-3-4-7-13(18)17-9-5-1-2-8-14(19)20;/h11-12,15,21H,1-10,16H2,(H,17,18)(H,19,20);1H/t11-,12-,15-;/m0./s1. The van der Waals surface area contributed by atoms with E-state index in [1.54, 1.807) is 11.8 Å². The van der Waals surface area contributed by atoms with E-state index in [9.17, 15) is 14.7 Å². The van der Waals surface area contributed by atoms with Crippen LogP contribution < -0.4 is 11.1 Å². The Bertz CT molecular complexity index is 360. The lowest BCUT2D eigenvalue weighted by Crippen LogP contribution is -2.36. The maximum absolute atomic E-state index is 11.6. The van der Waals surface area contributed by atoms with Gasteiger partial charge >= 0.3 is 5.97 Å². The monoisotopic (exact) mass is 368 g/mol. The number of aliphatic hydroxyl groups is 1. The lowest BCUT2D eigenvalue weighted by atomic mass is 10.0. The summed E-state index contributed by atoms with van der Waals surface area (Å²) in [6, 6.07) is -0.112. The Labute approximate surface area is 148 Å². The Morgan fingerprint density at radius 1 is 1.13 bits per heavy atom. The van der Waals surface area contributed by atoms with E-state index in [1.165, 1.54) is 0 Å². The highest BCUT2D eigenvalue weighted by Crippen LogP contribution is 2.30. The average molecular weight is 369 g/mol. The van der Waals surface area contributed by atoms with Gasteiger partial charge in [-0.05, 0) is 25.7 Å². The lowest BCUT2D eigenvalue weighted by molar-refractivity contribution is -0.137. The fourth-order valence-corrected chi connectivity index (χ4v) is 3.89. The van der Waals surface area contributed by atoms with Gasteiger partial charge < -0.3 is 21.3 Å². The maximum Gasteiger partial charge on any atom is 0.303 e. The van der Waals surface area contributed by atoms with Crippen LogP contribution in [-0.2, 0) is 9.59 Å². The van der Waals surface area contributed by atoms with Gasteiger partial charge in [-0.1, -0.05) is 12.8 Å². The smallest absolute Gasteiger partial charge is 0.303 e. The molecule has 0 unspecified atom stereocenters. The van der Waals surface area contributed by atoms with Crippen LogP contribution in [0.1, 0.15) is 51.4 Å². The second kappa shape index (κ2) is 12.9. The number of carboxylic acid groups (broad SMARTS) is 1. The summed E-state index contributed by atoms with van der Waals surface area (Å²) in [5, 5.41) is 21.4. The molecule has 136 valence electrons. The van der Waals surface area contributed by atoms with Gasteiger partial charge in [0, 0.05) is 36.4 Å². The first-order chi connectivity index (χ1) is 10.5. The van der Waals surface area contributed by atoms with E-state index in [2.05, 4.69) is 5.32 Å². The molecule has 5 N–H and O–H groups in total. The number of thioether (sulfide) groups is 1. The number of nitrogens with two attached hydrogens (primary N) is 1. The van der Waals surface area contributed by atoms with Gasteiger partial charge in [0.15, 0.2) is 0 Å². The van der Waals surface area contributed by atoms with Crippen LogP contribution >= 0.6 is 24.2 Å². The summed E-state index contributed by atoms with van der Waals surface area (Å²) in [5.41, 5.74) is 5.76. The van der Waals surface area contributed by atoms with Crippen LogP contribution in [0.25, 0.3) is 0 Å². The normalized spacial score (nSPS) is 23.3. The third-order valence-corrected chi connectivity index (χ3v) is 5.37. The first kappa shape index (κ1) is 22.5. The molecule has 0 aromatic rings. The molecule has 0 aromatic carbocycles. The predicted octanol–water partition coefficient (Wildman–Crippen LogP) is 1.53. The van der Waals surface area contributed by atoms with Gasteiger partial charge in [0.05, 0.1) is 6.10 Å². The van der Waals surface area contributed by atoms with Crippen molar-refractivity contribution in [3.63, 3.8) is 0 Å². The van der Waals surface area contributed by atoms with Crippen LogP contribution in [0.2, 0.25) is 0 Å². The zero-order chi connectivity index (χ0) is 16.4. The number of rotatable bonds is 11. The van der Waals surface area contributed by atoms with E-state index >= 15 is 0 Å². The van der Waals surface area contributed by atoms with Gasteiger partial charge in [0.25, 0.3) is 0 Å². The molecule has 1 fully saturated rings. The highest BCUT2D eigenvalue weighted by Gasteiger charge is 2.32. The molecule has 1 rings (SSSR count). The molecule has 23 heavy (non-hydrogen) atoms. The summed E-state index contributed by atoms with van der Waals surface area (Å²) in [6.45, 7) is 0.616. The van der Waals surface area contributed by atoms with E-state index < -0.39 is 12.1 Å². The van der Waals surface area contributed by atoms with Crippen molar-refractivity contribution in [1.29, 1.82) is 0 Å². The van der Waals surface area contributed by atoms with Crippen molar-refractivity contribution in [2.75, 3.05) is 12.3 Å². The molecule has 0 radical (unpaired) electrons. The van der Waals surface area contributed by atoms with E-state index in [0.29, 0.717) is 19.4 Å². The maximum atomic E-state index is 11.6. The summed E-state index contributed by atoms with van der Waals surface area (Å²) in [7, 11) is 0. The van der Waals surface area contributed by atoms with Crippen molar-refractivity contribution in [2.24, 2.45) is 5.73 Å². The average Bonchev–Trinajstić information content (AvgIpc) is 2.78. The molecule has 0 aliphatic carbocycles. The molecule has 3 atom stereocenters. The molecule has 1 amide bonds. The number of carbonyl (C=O) groups is 2. The van der Waals surface area contributed by atoms with E-state index in [0.717, 1.165) is 37.9 Å². The molecule has 8 heteroatoms. The number of unbranched alkanes of at least 4 members (excludes halogenated alkanes) is 3. The van der Waals surface area contributed by atoms with Gasteiger partial charge in [0.1, 0.15) is 0 Å². The fourth-order valence-electron chi connectivity index (χ4n) is 2.49. The van der Waals surface area contributed by atoms with Crippen LogP contribution in [0.4, 0.5) is 0 Å². The number of hydrogen-bond acceptors (Lipinski definition) is 5. The fraction of sp³-hybridized carbons (Fsp3) is 0.867. The second-order valence-electron chi connectivity index (χ2n) is 5.83. The molecule has 0 bridgehead atoms. The van der Waals surface area contributed by atoms with Gasteiger partial charge in [-0.15, -0.1) is 12.4 Å².